The van der Waals surface area contributed by atoms with Gasteiger partial charge in [-0.2, -0.15) is 0 Å². The number of ketones is 1. The summed E-state index contributed by atoms with van der Waals surface area (Å²) in [5.74, 6) is 1.55. The Morgan fingerprint density at radius 3 is 2.65 bits per heavy atom. The number of carbonyl (C=O) groups is 1. The van der Waals surface area contributed by atoms with Gasteiger partial charge in [-0.3, -0.25) is 4.79 Å². The van der Waals surface area contributed by atoms with Crippen molar-refractivity contribution in [3.63, 3.8) is 0 Å². The van der Waals surface area contributed by atoms with Crippen molar-refractivity contribution in [2.75, 3.05) is 0 Å². The summed E-state index contributed by atoms with van der Waals surface area (Å²) in [5.41, 5.74) is -0.517. The van der Waals surface area contributed by atoms with Gasteiger partial charge >= 0.3 is 0 Å². The summed E-state index contributed by atoms with van der Waals surface area (Å²) in [7, 11) is 0. The van der Waals surface area contributed by atoms with Gasteiger partial charge in [0.05, 0.1) is 5.60 Å². The fourth-order valence-electron chi connectivity index (χ4n) is 3.47. The minimum atomic E-state index is -0.471. The Kier molecular flexibility index (Phi) is 3.37. The molecule has 0 aromatic heterocycles. The van der Waals surface area contributed by atoms with Crippen LogP contribution >= 0.6 is 0 Å². The van der Waals surface area contributed by atoms with Crippen LogP contribution in [0.15, 0.2) is 0 Å². The van der Waals surface area contributed by atoms with Gasteiger partial charge in [0.15, 0.2) is 5.78 Å². The normalized spacial score (nSPS) is 41.2. The van der Waals surface area contributed by atoms with E-state index >= 15 is 0 Å². The predicted molar refractivity (Wildman–Crippen MR) is 68.9 cm³/mol. The maximum atomic E-state index is 11.9. The average Bonchev–Trinajstić information content (AvgIpc) is 2.20. The van der Waals surface area contributed by atoms with Crippen molar-refractivity contribution in [3.05, 3.63) is 0 Å². The van der Waals surface area contributed by atoms with Crippen molar-refractivity contribution in [2.24, 2.45) is 11.8 Å². The predicted octanol–water partition coefficient (Wildman–Crippen LogP) is 3.73. The van der Waals surface area contributed by atoms with Crippen LogP contribution in [0.5, 0.6) is 0 Å². The number of carbonyl (C=O) groups excluding carboxylic acids is 1. The highest BCUT2D eigenvalue weighted by atomic mass is 16.5. The third-order valence-electron chi connectivity index (χ3n) is 4.77. The molecule has 2 bridgehead atoms. The summed E-state index contributed by atoms with van der Waals surface area (Å²) in [5, 5.41) is 0. The van der Waals surface area contributed by atoms with E-state index in [0.717, 1.165) is 25.2 Å². The lowest BCUT2D eigenvalue weighted by molar-refractivity contribution is -0.229. The van der Waals surface area contributed by atoms with E-state index in [1.807, 2.05) is 6.92 Å². The molecule has 2 heterocycles. The molecule has 0 aromatic carbocycles. The first-order valence-corrected chi connectivity index (χ1v) is 7.09. The minimum Gasteiger partial charge on any atom is -0.361 e. The molecular formula is C15H26O2. The first-order chi connectivity index (χ1) is 7.86. The van der Waals surface area contributed by atoms with Gasteiger partial charge in [-0.15, -0.1) is 0 Å². The average molecular weight is 238 g/mol. The Balaban J connectivity index is 1.99. The van der Waals surface area contributed by atoms with Crippen molar-refractivity contribution in [3.8, 4) is 0 Å². The zero-order valence-electron chi connectivity index (χ0n) is 11.7. The lowest BCUT2D eigenvalue weighted by Gasteiger charge is -2.54. The third kappa shape index (κ3) is 2.42. The molecular weight excluding hydrogens is 212 g/mol. The van der Waals surface area contributed by atoms with Crippen LogP contribution in [0.25, 0.3) is 0 Å². The third-order valence-corrected chi connectivity index (χ3v) is 4.77. The lowest BCUT2D eigenvalue weighted by Crippen LogP contribution is -2.60. The van der Waals surface area contributed by atoms with Gasteiger partial charge in [-0.1, -0.05) is 26.7 Å². The van der Waals surface area contributed by atoms with Gasteiger partial charge in [0.1, 0.15) is 5.60 Å². The van der Waals surface area contributed by atoms with E-state index < -0.39 is 5.60 Å². The molecule has 2 aliphatic heterocycles. The van der Waals surface area contributed by atoms with Crippen LogP contribution in [0.2, 0.25) is 0 Å². The molecule has 3 aliphatic rings. The van der Waals surface area contributed by atoms with E-state index in [2.05, 4.69) is 20.8 Å². The molecule has 1 saturated carbocycles. The van der Waals surface area contributed by atoms with Gasteiger partial charge in [-0.25, -0.2) is 0 Å². The fourth-order valence-corrected chi connectivity index (χ4v) is 3.47. The highest BCUT2D eigenvalue weighted by Gasteiger charge is 2.55. The summed E-state index contributed by atoms with van der Waals surface area (Å²) in [6, 6.07) is 0. The van der Waals surface area contributed by atoms with Crippen LogP contribution in [0.3, 0.4) is 0 Å². The molecule has 0 radical (unpaired) electrons. The van der Waals surface area contributed by atoms with Crippen LogP contribution in [0, 0.1) is 11.8 Å². The van der Waals surface area contributed by atoms with Crippen molar-refractivity contribution >= 4 is 5.78 Å². The maximum absolute atomic E-state index is 11.9. The van der Waals surface area contributed by atoms with Crippen LogP contribution in [-0.4, -0.2) is 17.0 Å². The summed E-state index contributed by atoms with van der Waals surface area (Å²) < 4.78 is 6.20. The first-order valence-electron chi connectivity index (χ1n) is 7.09. The summed E-state index contributed by atoms with van der Waals surface area (Å²) in [4.78, 5) is 11.9. The van der Waals surface area contributed by atoms with Gasteiger partial charge in [0.25, 0.3) is 0 Å². The summed E-state index contributed by atoms with van der Waals surface area (Å²) in [6.07, 6.45) is 6.43. The van der Waals surface area contributed by atoms with Crippen LogP contribution < -0.4 is 0 Å². The molecule has 3 atom stereocenters. The monoisotopic (exact) mass is 238 g/mol. The Hall–Kier alpha value is -0.370. The number of hydrogen-bond donors (Lipinski definition) is 0. The zero-order chi connectivity index (χ0) is 12.7. The van der Waals surface area contributed by atoms with Crippen molar-refractivity contribution in [1.82, 2.24) is 0 Å². The topological polar surface area (TPSA) is 26.3 Å². The number of ether oxygens (including phenoxy) is 1. The molecule has 0 aromatic rings. The minimum absolute atomic E-state index is 0.0458. The Bertz CT molecular complexity index is 310. The second-order valence-corrected chi connectivity index (χ2v) is 6.79. The first kappa shape index (κ1) is 13.1. The SMILES string of the molecule is CC(C)CCC[C@@]1(C)O[C@@]2(C)CC[C@@H]1CC2=O. The molecule has 2 heteroatoms. The van der Waals surface area contributed by atoms with E-state index in [9.17, 15) is 4.79 Å². The molecule has 98 valence electrons. The van der Waals surface area contributed by atoms with E-state index in [-0.39, 0.29) is 5.60 Å². The number of rotatable bonds is 4. The standard InChI is InChI=1S/C15H26O2/c1-11(2)6-5-8-14(3)12-7-9-15(4,17-14)13(16)10-12/h11-12H,5-10H2,1-4H3/t12-,14-,15+/m1/s1. The van der Waals surface area contributed by atoms with Crippen molar-refractivity contribution in [1.29, 1.82) is 0 Å². The highest BCUT2D eigenvalue weighted by Crippen LogP contribution is 2.49. The number of Topliss-reactive ketones (excluding diaryl/α,β-unsaturated/α-hetero) is 1. The fraction of sp³-hybridized carbons (Fsp3) is 0.933. The molecule has 2 saturated heterocycles. The second-order valence-electron chi connectivity index (χ2n) is 6.79. The van der Waals surface area contributed by atoms with Gasteiger partial charge in [0, 0.05) is 6.42 Å². The maximum Gasteiger partial charge on any atom is 0.164 e. The largest absolute Gasteiger partial charge is 0.361 e. The number of hydrogen-bond acceptors (Lipinski definition) is 2. The van der Waals surface area contributed by atoms with E-state index in [4.69, 9.17) is 4.74 Å². The molecule has 3 rings (SSSR count). The van der Waals surface area contributed by atoms with Gasteiger partial charge in [-0.05, 0) is 44.9 Å². The van der Waals surface area contributed by atoms with E-state index in [1.54, 1.807) is 0 Å². The van der Waals surface area contributed by atoms with E-state index in [1.165, 1.54) is 19.3 Å². The van der Waals surface area contributed by atoms with Gasteiger partial charge in [0.2, 0.25) is 0 Å². The molecule has 0 unspecified atom stereocenters. The summed E-state index contributed by atoms with van der Waals surface area (Å²) >= 11 is 0. The Morgan fingerprint density at radius 2 is 2.12 bits per heavy atom. The molecule has 2 nitrogen and oxygen atoms in total. The zero-order valence-corrected chi connectivity index (χ0v) is 11.7. The molecule has 0 N–H and O–H groups in total. The molecule has 0 spiro atoms. The van der Waals surface area contributed by atoms with Gasteiger partial charge < -0.3 is 4.74 Å². The number of fused-ring (bicyclic) bond motifs is 3. The van der Waals surface area contributed by atoms with Crippen molar-refractivity contribution < 1.29 is 9.53 Å². The molecule has 17 heavy (non-hydrogen) atoms. The van der Waals surface area contributed by atoms with Crippen LogP contribution in [0.1, 0.15) is 66.2 Å². The smallest absolute Gasteiger partial charge is 0.164 e. The van der Waals surface area contributed by atoms with E-state index in [0.29, 0.717) is 11.7 Å². The molecule has 0 amide bonds. The Labute approximate surface area is 105 Å². The quantitative estimate of drug-likeness (QED) is 0.746. The molecule has 3 fully saturated rings. The van der Waals surface area contributed by atoms with Crippen LogP contribution in [-0.2, 0) is 9.53 Å². The lowest BCUT2D eigenvalue weighted by atomic mass is 9.66. The van der Waals surface area contributed by atoms with Crippen molar-refractivity contribution in [2.45, 2.75) is 77.4 Å². The molecule has 1 aliphatic carbocycles. The second kappa shape index (κ2) is 4.38. The van der Waals surface area contributed by atoms with Crippen LogP contribution in [0.4, 0.5) is 0 Å². The highest BCUT2D eigenvalue weighted by molar-refractivity contribution is 5.88. The Morgan fingerprint density at radius 1 is 1.41 bits per heavy atom. The summed E-state index contributed by atoms with van der Waals surface area (Å²) in [6.45, 7) is 8.75.